The maximum atomic E-state index is 11.9. The fraction of sp³-hybridized carbons (Fsp3) is 0.167. The normalized spacial score (nSPS) is 11.8. The van der Waals surface area contributed by atoms with Gasteiger partial charge >= 0.3 is 5.97 Å². The predicted molar refractivity (Wildman–Crippen MR) is 76.1 cm³/mol. The minimum atomic E-state index is -1.17. The Morgan fingerprint density at radius 1 is 1.05 bits per heavy atom. The van der Waals surface area contributed by atoms with Gasteiger partial charge in [-0.1, -0.05) is 34.8 Å². The molecule has 0 saturated heterocycles. The van der Waals surface area contributed by atoms with Crippen LogP contribution in [0.15, 0.2) is 23.3 Å². The van der Waals surface area contributed by atoms with Crippen LogP contribution in [-0.4, -0.2) is 17.0 Å². The number of hydrogen-bond donors (Lipinski definition) is 2. The van der Waals surface area contributed by atoms with E-state index in [1.54, 1.807) is 0 Å². The molecule has 0 unspecified atom stereocenters. The van der Waals surface area contributed by atoms with E-state index in [2.05, 4.69) is 5.32 Å². The average Bonchev–Trinajstić information content (AvgIpc) is 2.31. The number of hydrogen-bond acceptors (Lipinski definition) is 2. The van der Waals surface area contributed by atoms with Crippen molar-refractivity contribution in [3.8, 4) is 0 Å². The fourth-order valence-corrected chi connectivity index (χ4v) is 2.11. The maximum Gasteiger partial charge on any atom is 0.331 e. The molecule has 102 valence electrons. The summed E-state index contributed by atoms with van der Waals surface area (Å²) in [4.78, 5) is 22.6. The highest BCUT2D eigenvalue weighted by molar-refractivity contribution is 6.42. The molecule has 0 atom stereocenters. The molecule has 0 bridgehead atoms. The number of rotatable bonds is 3. The summed E-state index contributed by atoms with van der Waals surface area (Å²) in [7, 11) is 0. The Balaban J connectivity index is 3.08. The Bertz CT molecular complexity index is 559. The van der Waals surface area contributed by atoms with E-state index in [-0.39, 0.29) is 26.9 Å². The van der Waals surface area contributed by atoms with Crippen LogP contribution < -0.4 is 5.32 Å². The van der Waals surface area contributed by atoms with E-state index in [1.165, 1.54) is 26.0 Å². The molecular weight excluding hydrogens is 312 g/mol. The zero-order valence-corrected chi connectivity index (χ0v) is 12.3. The number of amides is 1. The molecule has 0 saturated carbocycles. The van der Waals surface area contributed by atoms with Crippen LogP contribution in [0.5, 0.6) is 0 Å². The Labute approximate surface area is 125 Å². The van der Waals surface area contributed by atoms with Gasteiger partial charge in [-0.05, 0) is 26.0 Å². The van der Waals surface area contributed by atoms with Crippen molar-refractivity contribution in [1.82, 2.24) is 0 Å². The molecule has 1 amide bonds. The van der Waals surface area contributed by atoms with Crippen molar-refractivity contribution in [1.29, 1.82) is 0 Å². The maximum absolute atomic E-state index is 11.9. The van der Waals surface area contributed by atoms with Gasteiger partial charge in [0.2, 0.25) is 0 Å². The van der Waals surface area contributed by atoms with E-state index < -0.39 is 11.9 Å². The molecule has 0 aliphatic heterocycles. The number of aliphatic carboxylic acids is 1. The summed E-state index contributed by atoms with van der Waals surface area (Å²) < 4.78 is 0. The Morgan fingerprint density at radius 2 is 1.53 bits per heavy atom. The minimum absolute atomic E-state index is 0.0568. The fourth-order valence-electron chi connectivity index (χ4n) is 1.20. The van der Waals surface area contributed by atoms with Crippen molar-refractivity contribution in [2.45, 2.75) is 13.8 Å². The number of benzene rings is 1. The summed E-state index contributed by atoms with van der Waals surface area (Å²) in [5.41, 5.74) is 0.198. The zero-order valence-electron chi connectivity index (χ0n) is 10.1. The van der Waals surface area contributed by atoms with Crippen molar-refractivity contribution in [2.24, 2.45) is 0 Å². The molecule has 2 N–H and O–H groups in total. The molecule has 19 heavy (non-hydrogen) atoms. The summed E-state index contributed by atoms with van der Waals surface area (Å²) in [6, 6.07) is 2.85. The van der Waals surface area contributed by atoms with Gasteiger partial charge in [-0.15, -0.1) is 0 Å². The number of nitrogens with one attached hydrogen (secondary N) is 1. The highest BCUT2D eigenvalue weighted by Gasteiger charge is 2.16. The van der Waals surface area contributed by atoms with Gasteiger partial charge in [0, 0.05) is 16.2 Å². The van der Waals surface area contributed by atoms with Crippen molar-refractivity contribution in [2.75, 3.05) is 5.32 Å². The summed E-state index contributed by atoms with van der Waals surface area (Å²) in [5, 5.41) is 11.9. The molecule has 0 heterocycles. The van der Waals surface area contributed by atoms with E-state index in [0.29, 0.717) is 5.02 Å². The number of carbonyl (C=O) groups is 2. The molecule has 7 heteroatoms. The average molecular weight is 323 g/mol. The van der Waals surface area contributed by atoms with E-state index in [0.717, 1.165) is 0 Å². The number of carbonyl (C=O) groups excluding carboxylic acids is 1. The van der Waals surface area contributed by atoms with E-state index in [4.69, 9.17) is 39.9 Å². The van der Waals surface area contributed by atoms with E-state index in [1.807, 2.05) is 0 Å². The van der Waals surface area contributed by atoms with Gasteiger partial charge in [-0.2, -0.15) is 0 Å². The van der Waals surface area contributed by atoms with Gasteiger partial charge in [0.25, 0.3) is 5.91 Å². The standard InChI is InChI=1S/C12H10Cl3NO3/c1-5(6(2)12(18)19)11(17)16-10-8(14)3-7(13)4-9(10)15/h3-4H,1-2H3,(H,16,17)(H,18,19)/b6-5-. The van der Waals surface area contributed by atoms with Crippen molar-refractivity contribution >= 4 is 52.4 Å². The van der Waals surface area contributed by atoms with Crippen LogP contribution in [0.4, 0.5) is 5.69 Å². The third kappa shape index (κ3) is 3.86. The quantitative estimate of drug-likeness (QED) is 0.826. The van der Waals surface area contributed by atoms with Crippen LogP contribution >= 0.6 is 34.8 Å². The lowest BCUT2D eigenvalue weighted by atomic mass is 10.1. The zero-order chi connectivity index (χ0) is 14.7. The lowest BCUT2D eigenvalue weighted by Gasteiger charge is -2.10. The first kappa shape index (κ1) is 15.8. The molecule has 0 fully saturated rings. The summed E-state index contributed by atoms with van der Waals surface area (Å²) >= 11 is 17.6. The first-order valence-electron chi connectivity index (χ1n) is 5.10. The smallest absolute Gasteiger partial charge is 0.331 e. The van der Waals surface area contributed by atoms with Gasteiger partial charge in [0.15, 0.2) is 0 Å². The molecule has 4 nitrogen and oxygen atoms in total. The number of carboxylic acid groups (broad SMARTS) is 1. The topological polar surface area (TPSA) is 66.4 Å². The Hall–Kier alpha value is -1.23. The van der Waals surface area contributed by atoms with Crippen LogP contribution in [0.3, 0.4) is 0 Å². The molecule has 1 rings (SSSR count). The van der Waals surface area contributed by atoms with Crippen LogP contribution in [0.25, 0.3) is 0 Å². The SMILES string of the molecule is C/C(C(=O)O)=C(\C)C(=O)Nc1c(Cl)cc(Cl)cc1Cl. The van der Waals surface area contributed by atoms with Gasteiger partial charge in [-0.3, -0.25) is 4.79 Å². The molecule has 0 spiro atoms. The van der Waals surface area contributed by atoms with Crippen LogP contribution in [0.2, 0.25) is 15.1 Å². The largest absolute Gasteiger partial charge is 0.478 e. The first-order valence-corrected chi connectivity index (χ1v) is 6.24. The second kappa shape index (κ2) is 6.28. The van der Waals surface area contributed by atoms with Crippen molar-refractivity contribution < 1.29 is 14.7 Å². The first-order chi connectivity index (χ1) is 8.73. The number of halogens is 3. The van der Waals surface area contributed by atoms with Gasteiger partial charge in [-0.25, -0.2) is 4.79 Å². The molecule has 0 radical (unpaired) electrons. The predicted octanol–water partition coefficient (Wildman–Crippen LogP) is 4.01. The summed E-state index contributed by atoms with van der Waals surface area (Å²) in [6.07, 6.45) is 0. The third-order valence-corrected chi connectivity index (χ3v) is 3.28. The summed E-state index contributed by atoms with van der Waals surface area (Å²) in [6.45, 7) is 2.73. The van der Waals surface area contributed by atoms with Gasteiger partial charge < -0.3 is 10.4 Å². The Morgan fingerprint density at radius 3 is 1.95 bits per heavy atom. The highest BCUT2D eigenvalue weighted by Crippen LogP contribution is 2.33. The van der Waals surface area contributed by atoms with E-state index in [9.17, 15) is 9.59 Å². The molecule has 1 aromatic rings. The van der Waals surface area contributed by atoms with Crippen LogP contribution in [-0.2, 0) is 9.59 Å². The number of anilines is 1. The Kier molecular flexibility index (Phi) is 5.23. The van der Waals surface area contributed by atoms with Gasteiger partial charge in [0.1, 0.15) is 0 Å². The van der Waals surface area contributed by atoms with Crippen molar-refractivity contribution in [3.63, 3.8) is 0 Å². The van der Waals surface area contributed by atoms with Gasteiger partial charge in [0.05, 0.1) is 15.7 Å². The monoisotopic (exact) mass is 321 g/mol. The second-order valence-corrected chi connectivity index (χ2v) is 5.00. The second-order valence-electron chi connectivity index (χ2n) is 3.75. The number of carboxylic acids is 1. The minimum Gasteiger partial charge on any atom is -0.478 e. The lowest BCUT2D eigenvalue weighted by Crippen LogP contribution is -2.16. The van der Waals surface area contributed by atoms with Crippen LogP contribution in [0, 0.1) is 0 Å². The van der Waals surface area contributed by atoms with E-state index >= 15 is 0 Å². The van der Waals surface area contributed by atoms with Crippen LogP contribution in [0.1, 0.15) is 13.8 Å². The molecule has 1 aromatic carbocycles. The molecule has 0 aliphatic rings. The molecular formula is C12H10Cl3NO3. The summed E-state index contributed by atoms with van der Waals surface area (Å²) in [5.74, 6) is -1.76. The highest BCUT2D eigenvalue weighted by atomic mass is 35.5. The third-order valence-electron chi connectivity index (χ3n) is 2.47. The van der Waals surface area contributed by atoms with Crippen molar-refractivity contribution in [3.05, 3.63) is 38.3 Å². The molecule has 0 aromatic heterocycles. The lowest BCUT2D eigenvalue weighted by molar-refractivity contribution is -0.133. The molecule has 0 aliphatic carbocycles.